The fraction of sp³-hybridized carbons (Fsp3) is 0.409. The highest BCUT2D eigenvalue weighted by atomic mass is 32.2. The highest BCUT2D eigenvalue weighted by molar-refractivity contribution is 7.89. The molecule has 8 heteroatoms. The normalized spacial score (nSPS) is 17.2. The van der Waals surface area contributed by atoms with Crippen molar-refractivity contribution in [3.63, 3.8) is 0 Å². The van der Waals surface area contributed by atoms with Crippen molar-refractivity contribution in [2.24, 2.45) is 5.92 Å². The molecule has 0 aliphatic carbocycles. The van der Waals surface area contributed by atoms with Crippen molar-refractivity contribution in [3.8, 4) is 5.75 Å². The Morgan fingerprint density at radius 1 is 1.17 bits per heavy atom. The van der Waals surface area contributed by atoms with Gasteiger partial charge in [0, 0.05) is 6.54 Å². The van der Waals surface area contributed by atoms with Crippen LogP contribution in [0, 0.1) is 5.92 Å². The van der Waals surface area contributed by atoms with Gasteiger partial charge in [0.2, 0.25) is 15.9 Å². The van der Waals surface area contributed by atoms with Crippen LogP contribution < -0.4 is 9.46 Å². The van der Waals surface area contributed by atoms with Gasteiger partial charge in [-0.1, -0.05) is 44.2 Å². The van der Waals surface area contributed by atoms with Crippen molar-refractivity contribution in [1.29, 1.82) is 0 Å². The molecule has 1 aliphatic heterocycles. The topological polar surface area (TPSA) is 84.9 Å². The number of morpholine rings is 1. The van der Waals surface area contributed by atoms with Crippen LogP contribution in [0.25, 0.3) is 0 Å². The summed E-state index contributed by atoms with van der Waals surface area (Å²) in [4.78, 5) is 14.3. The number of ether oxygens (including phenoxy) is 2. The number of hydrogen-bond acceptors (Lipinski definition) is 5. The summed E-state index contributed by atoms with van der Waals surface area (Å²) < 4.78 is 38.8. The van der Waals surface area contributed by atoms with Crippen LogP contribution in [0.5, 0.6) is 5.75 Å². The molecule has 0 bridgehead atoms. The van der Waals surface area contributed by atoms with Gasteiger partial charge in [0.15, 0.2) is 0 Å². The molecule has 0 aromatic heterocycles. The maximum atomic E-state index is 12.6. The number of amides is 1. The van der Waals surface area contributed by atoms with E-state index >= 15 is 0 Å². The molecule has 7 nitrogen and oxygen atoms in total. The van der Waals surface area contributed by atoms with E-state index in [1.54, 1.807) is 17.0 Å². The summed E-state index contributed by atoms with van der Waals surface area (Å²) in [5.74, 6) is 0.710. The number of benzene rings is 2. The molecule has 1 atom stereocenters. The SMILES string of the molecule is CC(C)COc1ccc(S(=O)(=O)NCC(=O)N2CCOC(c3ccccc3)C2)cc1. The van der Waals surface area contributed by atoms with Crippen LogP contribution in [-0.2, 0) is 19.6 Å². The van der Waals surface area contributed by atoms with Crippen LogP contribution in [0.1, 0.15) is 25.5 Å². The number of carbonyl (C=O) groups excluding carboxylic acids is 1. The second-order valence-electron chi connectivity index (χ2n) is 7.61. The summed E-state index contributed by atoms with van der Waals surface area (Å²) in [7, 11) is -3.79. The van der Waals surface area contributed by atoms with Crippen LogP contribution in [0.3, 0.4) is 0 Å². The van der Waals surface area contributed by atoms with Gasteiger partial charge in [-0.2, -0.15) is 0 Å². The Morgan fingerprint density at radius 3 is 2.53 bits per heavy atom. The first kappa shape index (κ1) is 22.3. The minimum Gasteiger partial charge on any atom is -0.493 e. The van der Waals surface area contributed by atoms with E-state index in [1.165, 1.54) is 12.1 Å². The van der Waals surface area contributed by atoms with Gasteiger partial charge >= 0.3 is 0 Å². The standard InChI is InChI=1S/C22H28N2O5S/c1-17(2)16-29-19-8-10-20(11-9-19)30(26,27)23-14-22(25)24-12-13-28-21(15-24)18-6-4-3-5-7-18/h3-11,17,21,23H,12-16H2,1-2H3. The van der Waals surface area contributed by atoms with Crippen molar-refractivity contribution in [1.82, 2.24) is 9.62 Å². The van der Waals surface area contributed by atoms with Gasteiger partial charge in [-0.05, 0) is 35.7 Å². The largest absolute Gasteiger partial charge is 0.493 e. The summed E-state index contributed by atoms with van der Waals surface area (Å²) in [5, 5.41) is 0. The predicted octanol–water partition coefficient (Wildman–Crippen LogP) is 2.60. The number of rotatable bonds is 8. The van der Waals surface area contributed by atoms with Gasteiger partial charge in [-0.3, -0.25) is 4.79 Å². The molecule has 1 N–H and O–H groups in total. The maximum Gasteiger partial charge on any atom is 0.241 e. The van der Waals surface area contributed by atoms with E-state index < -0.39 is 10.0 Å². The Kier molecular flexibility index (Phi) is 7.47. The van der Waals surface area contributed by atoms with E-state index in [1.807, 2.05) is 44.2 Å². The molecule has 1 aliphatic rings. The molecule has 3 rings (SSSR count). The van der Waals surface area contributed by atoms with E-state index in [4.69, 9.17) is 9.47 Å². The third-order valence-electron chi connectivity index (χ3n) is 4.72. The predicted molar refractivity (Wildman–Crippen MR) is 114 cm³/mol. The Morgan fingerprint density at radius 2 is 1.87 bits per heavy atom. The monoisotopic (exact) mass is 432 g/mol. The Balaban J connectivity index is 1.55. The van der Waals surface area contributed by atoms with Crippen molar-refractivity contribution >= 4 is 15.9 Å². The average molecular weight is 433 g/mol. The fourth-order valence-electron chi connectivity index (χ4n) is 3.07. The minimum atomic E-state index is -3.79. The smallest absolute Gasteiger partial charge is 0.241 e. The zero-order valence-electron chi connectivity index (χ0n) is 17.3. The van der Waals surface area contributed by atoms with Crippen molar-refractivity contribution in [3.05, 3.63) is 60.2 Å². The number of nitrogens with one attached hydrogen (secondary N) is 1. The first-order chi connectivity index (χ1) is 14.3. The molecule has 0 spiro atoms. The molecule has 30 heavy (non-hydrogen) atoms. The van der Waals surface area contributed by atoms with Crippen LogP contribution >= 0.6 is 0 Å². The van der Waals surface area contributed by atoms with Gasteiger partial charge in [0.1, 0.15) is 11.9 Å². The molecule has 0 radical (unpaired) electrons. The summed E-state index contributed by atoms with van der Waals surface area (Å²) in [6, 6.07) is 15.9. The molecule has 162 valence electrons. The third-order valence-corrected chi connectivity index (χ3v) is 6.14. The molecule has 1 saturated heterocycles. The number of sulfonamides is 1. The third kappa shape index (κ3) is 6.04. The molecule has 1 unspecified atom stereocenters. The average Bonchev–Trinajstić information content (AvgIpc) is 2.77. The first-order valence-electron chi connectivity index (χ1n) is 10.0. The summed E-state index contributed by atoms with van der Waals surface area (Å²) in [6.07, 6.45) is -0.209. The number of hydrogen-bond donors (Lipinski definition) is 1. The highest BCUT2D eigenvalue weighted by Gasteiger charge is 2.26. The van der Waals surface area contributed by atoms with Crippen LogP contribution in [0.2, 0.25) is 0 Å². The van der Waals surface area contributed by atoms with Crippen molar-refractivity contribution < 1.29 is 22.7 Å². The molecule has 0 saturated carbocycles. The Hall–Kier alpha value is -2.42. The summed E-state index contributed by atoms with van der Waals surface area (Å²) in [6.45, 7) is 5.58. The molecule has 1 heterocycles. The molecular formula is C22H28N2O5S. The lowest BCUT2D eigenvalue weighted by Crippen LogP contribution is -2.46. The van der Waals surface area contributed by atoms with Gasteiger partial charge in [-0.15, -0.1) is 0 Å². The van der Waals surface area contributed by atoms with Gasteiger partial charge in [0.05, 0.1) is 31.2 Å². The highest BCUT2D eigenvalue weighted by Crippen LogP contribution is 2.22. The van der Waals surface area contributed by atoms with Gasteiger partial charge < -0.3 is 14.4 Å². The van der Waals surface area contributed by atoms with E-state index in [9.17, 15) is 13.2 Å². The number of nitrogens with zero attached hydrogens (tertiary/aromatic N) is 1. The van der Waals surface area contributed by atoms with Gasteiger partial charge in [0.25, 0.3) is 0 Å². The van der Waals surface area contributed by atoms with E-state index in [0.717, 1.165) is 5.56 Å². The quantitative estimate of drug-likeness (QED) is 0.693. The molecule has 2 aromatic carbocycles. The molecule has 2 aromatic rings. The zero-order valence-corrected chi connectivity index (χ0v) is 18.1. The summed E-state index contributed by atoms with van der Waals surface area (Å²) >= 11 is 0. The summed E-state index contributed by atoms with van der Waals surface area (Å²) in [5.41, 5.74) is 0.996. The molecular weight excluding hydrogens is 404 g/mol. The first-order valence-corrected chi connectivity index (χ1v) is 11.5. The van der Waals surface area contributed by atoms with E-state index in [0.29, 0.717) is 38.0 Å². The van der Waals surface area contributed by atoms with Crippen LogP contribution in [0.15, 0.2) is 59.5 Å². The Bertz CT molecular complexity index is 930. The Labute approximate surface area is 178 Å². The maximum absolute atomic E-state index is 12.6. The zero-order chi connectivity index (χ0) is 21.6. The van der Waals surface area contributed by atoms with E-state index in [-0.39, 0.29) is 23.5 Å². The fourth-order valence-corrected chi connectivity index (χ4v) is 4.05. The van der Waals surface area contributed by atoms with Gasteiger partial charge in [-0.25, -0.2) is 13.1 Å². The number of carbonyl (C=O) groups is 1. The van der Waals surface area contributed by atoms with Crippen LogP contribution in [0.4, 0.5) is 0 Å². The van der Waals surface area contributed by atoms with Crippen LogP contribution in [-0.4, -0.2) is 52.1 Å². The molecule has 1 fully saturated rings. The van der Waals surface area contributed by atoms with E-state index in [2.05, 4.69) is 4.72 Å². The lowest BCUT2D eigenvalue weighted by Gasteiger charge is -2.33. The second kappa shape index (κ2) is 10.1. The van der Waals surface area contributed by atoms with Crippen molar-refractivity contribution in [2.45, 2.75) is 24.8 Å². The minimum absolute atomic E-state index is 0.0938. The lowest BCUT2D eigenvalue weighted by molar-refractivity contribution is -0.137. The second-order valence-corrected chi connectivity index (χ2v) is 9.38. The molecule has 1 amide bonds. The van der Waals surface area contributed by atoms with Crippen molar-refractivity contribution in [2.75, 3.05) is 32.8 Å². The lowest BCUT2D eigenvalue weighted by atomic mass is 10.1.